The van der Waals surface area contributed by atoms with Gasteiger partial charge in [-0.3, -0.25) is 9.59 Å². The van der Waals surface area contributed by atoms with Gasteiger partial charge in [-0.15, -0.1) is 0 Å². The van der Waals surface area contributed by atoms with E-state index in [2.05, 4.69) is 10.3 Å². The number of H-pyrrole nitrogens is 1. The van der Waals surface area contributed by atoms with Gasteiger partial charge in [-0.25, -0.2) is 0 Å². The molecule has 0 aliphatic carbocycles. The van der Waals surface area contributed by atoms with Crippen molar-refractivity contribution in [3.63, 3.8) is 0 Å². The van der Waals surface area contributed by atoms with E-state index in [1.807, 2.05) is 32.0 Å². The second kappa shape index (κ2) is 5.77. The largest absolute Gasteiger partial charge is 0.481 e. The Morgan fingerprint density at radius 2 is 2.05 bits per heavy atom. The van der Waals surface area contributed by atoms with Crippen LogP contribution in [0, 0.1) is 11.8 Å². The number of carboxylic acid groups (broad SMARTS) is 1. The molecular formula is C15H18N2O3. The summed E-state index contributed by atoms with van der Waals surface area (Å²) in [6, 6.07) is 7.33. The van der Waals surface area contributed by atoms with Crippen molar-refractivity contribution in [1.82, 2.24) is 10.3 Å². The SMILES string of the molecule is CC(C)C(CNC(=O)c1cccc2cc[nH]c12)C(=O)O. The molecule has 0 fully saturated rings. The molecule has 106 valence electrons. The zero-order valence-corrected chi connectivity index (χ0v) is 11.5. The first-order valence-electron chi connectivity index (χ1n) is 6.58. The normalized spacial score (nSPS) is 12.6. The van der Waals surface area contributed by atoms with E-state index in [0.29, 0.717) is 5.56 Å². The molecule has 1 aromatic carbocycles. The molecule has 1 aromatic heterocycles. The number of fused-ring (bicyclic) bond motifs is 1. The lowest BCUT2D eigenvalue weighted by molar-refractivity contribution is -0.142. The molecule has 1 atom stereocenters. The zero-order valence-electron chi connectivity index (χ0n) is 11.5. The van der Waals surface area contributed by atoms with Gasteiger partial charge in [0.25, 0.3) is 5.91 Å². The Labute approximate surface area is 117 Å². The summed E-state index contributed by atoms with van der Waals surface area (Å²) < 4.78 is 0. The molecule has 1 unspecified atom stereocenters. The maximum absolute atomic E-state index is 12.2. The van der Waals surface area contributed by atoms with Crippen molar-refractivity contribution in [1.29, 1.82) is 0 Å². The lowest BCUT2D eigenvalue weighted by Crippen LogP contribution is -2.35. The first-order chi connectivity index (χ1) is 9.50. The van der Waals surface area contributed by atoms with E-state index in [1.54, 1.807) is 12.3 Å². The van der Waals surface area contributed by atoms with E-state index in [1.165, 1.54) is 0 Å². The van der Waals surface area contributed by atoms with Crippen molar-refractivity contribution < 1.29 is 14.7 Å². The number of aliphatic carboxylic acids is 1. The van der Waals surface area contributed by atoms with Crippen molar-refractivity contribution in [2.24, 2.45) is 11.8 Å². The summed E-state index contributed by atoms with van der Waals surface area (Å²) in [6.07, 6.45) is 1.77. The summed E-state index contributed by atoms with van der Waals surface area (Å²) >= 11 is 0. The van der Waals surface area contributed by atoms with E-state index >= 15 is 0 Å². The van der Waals surface area contributed by atoms with Gasteiger partial charge in [-0.1, -0.05) is 26.0 Å². The van der Waals surface area contributed by atoms with Gasteiger partial charge in [0.2, 0.25) is 0 Å². The predicted molar refractivity (Wildman–Crippen MR) is 76.6 cm³/mol. The monoisotopic (exact) mass is 274 g/mol. The fraction of sp³-hybridized carbons (Fsp3) is 0.333. The van der Waals surface area contributed by atoms with Crippen molar-refractivity contribution in [3.05, 3.63) is 36.0 Å². The second-order valence-corrected chi connectivity index (χ2v) is 5.15. The smallest absolute Gasteiger partial charge is 0.308 e. The highest BCUT2D eigenvalue weighted by Gasteiger charge is 2.22. The van der Waals surface area contributed by atoms with Gasteiger partial charge in [0, 0.05) is 18.1 Å². The Balaban J connectivity index is 2.12. The minimum atomic E-state index is -0.890. The predicted octanol–water partition coefficient (Wildman–Crippen LogP) is 2.25. The van der Waals surface area contributed by atoms with Gasteiger partial charge >= 0.3 is 5.97 Å². The van der Waals surface area contributed by atoms with Crippen molar-refractivity contribution >= 4 is 22.8 Å². The molecule has 0 aliphatic rings. The maximum Gasteiger partial charge on any atom is 0.308 e. The molecule has 1 heterocycles. The van der Waals surface area contributed by atoms with Crippen LogP contribution in [0.25, 0.3) is 10.9 Å². The van der Waals surface area contributed by atoms with E-state index in [9.17, 15) is 9.59 Å². The number of para-hydroxylation sites is 1. The van der Waals surface area contributed by atoms with E-state index in [-0.39, 0.29) is 18.4 Å². The van der Waals surface area contributed by atoms with Gasteiger partial charge in [0.1, 0.15) is 0 Å². The van der Waals surface area contributed by atoms with Gasteiger partial charge in [0.05, 0.1) is 17.0 Å². The zero-order chi connectivity index (χ0) is 14.7. The minimum absolute atomic E-state index is 0.0333. The highest BCUT2D eigenvalue weighted by atomic mass is 16.4. The van der Waals surface area contributed by atoms with Crippen LogP contribution < -0.4 is 5.32 Å². The number of benzene rings is 1. The number of nitrogens with one attached hydrogen (secondary N) is 2. The lowest BCUT2D eigenvalue weighted by Gasteiger charge is -2.16. The molecule has 2 aromatic rings. The number of aromatic nitrogens is 1. The van der Waals surface area contributed by atoms with Crippen LogP contribution in [0.3, 0.4) is 0 Å². The summed E-state index contributed by atoms with van der Waals surface area (Å²) in [6.45, 7) is 3.79. The summed E-state index contributed by atoms with van der Waals surface area (Å²) in [5.74, 6) is -1.76. The van der Waals surface area contributed by atoms with Crippen LogP contribution >= 0.6 is 0 Å². The van der Waals surface area contributed by atoms with Gasteiger partial charge in [-0.05, 0) is 18.1 Å². The summed E-state index contributed by atoms with van der Waals surface area (Å²) in [4.78, 5) is 26.3. The second-order valence-electron chi connectivity index (χ2n) is 5.15. The fourth-order valence-corrected chi connectivity index (χ4v) is 2.18. The van der Waals surface area contributed by atoms with Crippen LogP contribution in [0.5, 0.6) is 0 Å². The Hall–Kier alpha value is -2.30. The highest BCUT2D eigenvalue weighted by Crippen LogP contribution is 2.17. The van der Waals surface area contributed by atoms with Crippen molar-refractivity contribution in [2.75, 3.05) is 6.54 Å². The Kier molecular flexibility index (Phi) is 4.08. The topological polar surface area (TPSA) is 82.2 Å². The number of hydrogen-bond acceptors (Lipinski definition) is 2. The molecule has 5 heteroatoms. The molecule has 0 spiro atoms. The molecule has 0 radical (unpaired) electrons. The molecular weight excluding hydrogens is 256 g/mol. The standard InChI is InChI=1S/C15H18N2O3/c1-9(2)12(15(19)20)8-17-14(18)11-5-3-4-10-6-7-16-13(10)11/h3-7,9,12,16H,8H2,1-2H3,(H,17,18)(H,19,20). The summed E-state index contributed by atoms with van der Waals surface area (Å²) in [5.41, 5.74) is 1.29. The van der Waals surface area contributed by atoms with Crippen LogP contribution in [0.1, 0.15) is 24.2 Å². The van der Waals surface area contributed by atoms with Gasteiger partial charge < -0.3 is 15.4 Å². The molecule has 0 saturated heterocycles. The van der Waals surface area contributed by atoms with Gasteiger partial charge in [-0.2, -0.15) is 0 Å². The van der Waals surface area contributed by atoms with Crippen LogP contribution in [0.2, 0.25) is 0 Å². The number of carboxylic acids is 1. The fourth-order valence-electron chi connectivity index (χ4n) is 2.18. The molecule has 3 N–H and O–H groups in total. The van der Waals surface area contributed by atoms with E-state index in [4.69, 9.17) is 5.11 Å². The third kappa shape index (κ3) is 2.82. The quantitative estimate of drug-likeness (QED) is 0.782. The lowest BCUT2D eigenvalue weighted by atomic mass is 9.96. The minimum Gasteiger partial charge on any atom is -0.481 e. The van der Waals surface area contributed by atoms with Crippen LogP contribution in [0.15, 0.2) is 30.5 Å². The molecule has 20 heavy (non-hydrogen) atoms. The average molecular weight is 274 g/mol. The molecule has 1 amide bonds. The third-order valence-corrected chi connectivity index (χ3v) is 3.44. The molecule has 2 rings (SSSR count). The highest BCUT2D eigenvalue weighted by molar-refractivity contribution is 6.05. The van der Waals surface area contributed by atoms with Crippen LogP contribution in [-0.2, 0) is 4.79 Å². The van der Waals surface area contributed by atoms with Crippen molar-refractivity contribution in [2.45, 2.75) is 13.8 Å². The summed E-state index contributed by atoms with van der Waals surface area (Å²) in [7, 11) is 0. The third-order valence-electron chi connectivity index (χ3n) is 3.44. The number of aromatic amines is 1. The molecule has 0 bridgehead atoms. The first kappa shape index (κ1) is 14.1. The van der Waals surface area contributed by atoms with Crippen LogP contribution in [0.4, 0.5) is 0 Å². The molecule has 0 aliphatic heterocycles. The van der Waals surface area contributed by atoms with Crippen molar-refractivity contribution in [3.8, 4) is 0 Å². The Morgan fingerprint density at radius 3 is 2.70 bits per heavy atom. The number of amides is 1. The maximum atomic E-state index is 12.2. The Bertz CT molecular complexity index is 631. The van der Waals surface area contributed by atoms with E-state index < -0.39 is 11.9 Å². The average Bonchev–Trinajstić information content (AvgIpc) is 2.85. The molecule has 5 nitrogen and oxygen atoms in total. The van der Waals surface area contributed by atoms with Crippen LogP contribution in [-0.4, -0.2) is 28.5 Å². The van der Waals surface area contributed by atoms with Gasteiger partial charge in [0.15, 0.2) is 0 Å². The van der Waals surface area contributed by atoms with E-state index in [0.717, 1.165) is 10.9 Å². The number of hydrogen-bond donors (Lipinski definition) is 3. The Morgan fingerprint density at radius 1 is 1.30 bits per heavy atom. The first-order valence-corrected chi connectivity index (χ1v) is 6.58. The number of carbonyl (C=O) groups excluding carboxylic acids is 1. The number of rotatable bonds is 5. The number of carbonyl (C=O) groups is 2. The summed E-state index contributed by atoms with van der Waals surface area (Å²) in [5, 5.41) is 12.8. The molecule has 0 saturated carbocycles.